The minimum absolute atomic E-state index is 0.387. The number of ether oxygens (including phenoxy) is 1. The van der Waals surface area contributed by atoms with E-state index >= 15 is 0 Å². The Morgan fingerprint density at radius 3 is 2.23 bits per heavy atom. The molecule has 13 heavy (non-hydrogen) atoms. The third-order valence-corrected chi connectivity index (χ3v) is 3.91. The van der Waals surface area contributed by atoms with Crippen LogP contribution in [-0.2, 0) is 4.74 Å². The van der Waals surface area contributed by atoms with Gasteiger partial charge in [-0.1, -0.05) is 20.8 Å². The summed E-state index contributed by atoms with van der Waals surface area (Å²) in [6.45, 7) is 10.2. The maximum Gasteiger partial charge on any atom is 0.0710 e. The van der Waals surface area contributed by atoms with Gasteiger partial charge in [0, 0.05) is 0 Å². The summed E-state index contributed by atoms with van der Waals surface area (Å²) in [4.78, 5) is 2.51. The molecule has 0 bridgehead atoms. The maximum atomic E-state index is 5.41. The lowest BCUT2D eigenvalue weighted by atomic mass is 9.68. The van der Waals surface area contributed by atoms with Gasteiger partial charge in [-0.05, 0) is 31.3 Å². The van der Waals surface area contributed by atoms with Gasteiger partial charge in [0.05, 0.1) is 18.8 Å². The molecular weight excluding hydrogens is 162 g/mol. The average Bonchev–Trinajstić information content (AvgIpc) is 2.23. The molecule has 0 aliphatic carbocycles. The first-order chi connectivity index (χ1) is 5.97. The Labute approximate surface area is 81.3 Å². The third kappa shape index (κ3) is 1.23. The molecule has 0 saturated carbocycles. The van der Waals surface area contributed by atoms with Gasteiger partial charge >= 0.3 is 0 Å². The van der Waals surface area contributed by atoms with Crippen LogP contribution in [-0.4, -0.2) is 37.2 Å². The minimum atomic E-state index is 0.387. The summed E-state index contributed by atoms with van der Waals surface area (Å²) in [5, 5.41) is 0. The van der Waals surface area contributed by atoms with Crippen LogP contribution in [0.25, 0.3) is 0 Å². The molecule has 76 valence electrons. The summed E-state index contributed by atoms with van der Waals surface area (Å²) >= 11 is 0. The predicted molar refractivity (Wildman–Crippen MR) is 53.7 cm³/mol. The zero-order valence-electron chi connectivity index (χ0n) is 9.26. The molecule has 0 radical (unpaired) electrons. The number of nitrogens with zero attached hydrogens (tertiary/aromatic N) is 1. The lowest BCUT2D eigenvalue weighted by molar-refractivity contribution is -0.152. The molecule has 2 aliphatic rings. The third-order valence-electron chi connectivity index (χ3n) is 3.91. The van der Waals surface area contributed by atoms with E-state index in [4.69, 9.17) is 4.74 Å². The van der Waals surface area contributed by atoms with E-state index in [1.807, 2.05) is 0 Å². The Kier molecular flexibility index (Phi) is 1.97. The molecule has 0 aromatic carbocycles. The summed E-state index contributed by atoms with van der Waals surface area (Å²) in [5.74, 6) is 0.804. The summed E-state index contributed by atoms with van der Waals surface area (Å²) in [6, 6.07) is 0. The second-order valence-electron chi connectivity index (χ2n) is 5.73. The second-order valence-corrected chi connectivity index (χ2v) is 5.73. The molecule has 2 rings (SSSR count). The number of hydrogen-bond donors (Lipinski definition) is 0. The topological polar surface area (TPSA) is 12.5 Å². The summed E-state index contributed by atoms with van der Waals surface area (Å²) < 4.78 is 5.41. The van der Waals surface area contributed by atoms with Gasteiger partial charge < -0.3 is 4.74 Å². The van der Waals surface area contributed by atoms with Crippen molar-refractivity contribution in [3.05, 3.63) is 0 Å². The Hall–Kier alpha value is -0.0800. The normalized spacial score (nSPS) is 33.7. The Morgan fingerprint density at radius 1 is 1.31 bits per heavy atom. The van der Waals surface area contributed by atoms with Crippen molar-refractivity contribution < 1.29 is 4.74 Å². The number of rotatable bonds is 0. The van der Waals surface area contributed by atoms with Crippen LogP contribution in [0.15, 0.2) is 0 Å². The number of likely N-dealkylation sites (N-methyl/N-ethyl adjacent to an activating group) is 1. The molecule has 0 aromatic heterocycles. The van der Waals surface area contributed by atoms with Crippen molar-refractivity contribution in [3.63, 3.8) is 0 Å². The summed E-state index contributed by atoms with van der Waals surface area (Å²) in [6.07, 6.45) is 1.34. The molecule has 0 amide bonds. The van der Waals surface area contributed by atoms with Crippen molar-refractivity contribution in [1.82, 2.24) is 4.90 Å². The fourth-order valence-corrected chi connectivity index (χ4v) is 3.05. The molecule has 2 heterocycles. The van der Waals surface area contributed by atoms with Crippen molar-refractivity contribution in [1.29, 1.82) is 0 Å². The Bertz CT molecular complexity index is 203. The Balaban J connectivity index is 2.21. The molecule has 2 heteroatoms. The van der Waals surface area contributed by atoms with Gasteiger partial charge in [-0.15, -0.1) is 0 Å². The van der Waals surface area contributed by atoms with Crippen molar-refractivity contribution in [2.45, 2.75) is 32.7 Å². The minimum Gasteiger partial charge on any atom is -0.377 e. The first-order valence-electron chi connectivity index (χ1n) is 5.26. The highest BCUT2D eigenvalue weighted by molar-refractivity contribution is 5.08. The van der Waals surface area contributed by atoms with E-state index in [0.29, 0.717) is 11.0 Å². The fourth-order valence-electron chi connectivity index (χ4n) is 3.05. The van der Waals surface area contributed by atoms with Gasteiger partial charge in [0.1, 0.15) is 0 Å². The van der Waals surface area contributed by atoms with E-state index < -0.39 is 0 Å². The zero-order chi connectivity index (χ0) is 9.69. The standard InChI is InChI=1S/C11H21NO/c1-10(2,3)9-5-6-12(4)11(9)7-13-8-11/h9H,5-8H2,1-4H3. The van der Waals surface area contributed by atoms with Gasteiger partial charge in [0.25, 0.3) is 0 Å². The van der Waals surface area contributed by atoms with Crippen LogP contribution in [0.3, 0.4) is 0 Å². The SMILES string of the molecule is CN1CCC(C(C)(C)C)C12COC2. The smallest absolute Gasteiger partial charge is 0.0710 e. The van der Waals surface area contributed by atoms with Crippen molar-refractivity contribution in [3.8, 4) is 0 Å². The van der Waals surface area contributed by atoms with E-state index in [-0.39, 0.29) is 0 Å². The van der Waals surface area contributed by atoms with E-state index in [9.17, 15) is 0 Å². The van der Waals surface area contributed by atoms with E-state index in [0.717, 1.165) is 19.1 Å². The van der Waals surface area contributed by atoms with E-state index in [1.54, 1.807) is 0 Å². The van der Waals surface area contributed by atoms with Crippen LogP contribution in [0.4, 0.5) is 0 Å². The molecule has 2 saturated heterocycles. The molecule has 2 nitrogen and oxygen atoms in total. The predicted octanol–water partition coefficient (Wildman–Crippen LogP) is 1.75. The highest BCUT2D eigenvalue weighted by Crippen LogP contribution is 2.48. The number of hydrogen-bond acceptors (Lipinski definition) is 2. The number of likely N-dealkylation sites (tertiary alicyclic amines) is 1. The maximum absolute atomic E-state index is 5.41. The first kappa shape index (κ1) is 9.47. The van der Waals surface area contributed by atoms with Crippen molar-refractivity contribution in [2.24, 2.45) is 11.3 Å². The summed E-state index contributed by atoms with van der Waals surface area (Å²) in [7, 11) is 2.24. The highest BCUT2D eigenvalue weighted by Gasteiger charge is 2.55. The van der Waals surface area contributed by atoms with Crippen molar-refractivity contribution >= 4 is 0 Å². The lowest BCUT2D eigenvalue weighted by Crippen LogP contribution is -2.63. The van der Waals surface area contributed by atoms with Gasteiger partial charge in [0.15, 0.2) is 0 Å². The van der Waals surface area contributed by atoms with Crippen molar-refractivity contribution in [2.75, 3.05) is 26.8 Å². The van der Waals surface area contributed by atoms with E-state index in [1.165, 1.54) is 13.0 Å². The molecule has 1 atom stereocenters. The second kappa shape index (κ2) is 2.71. The van der Waals surface area contributed by atoms with Crippen LogP contribution in [0.5, 0.6) is 0 Å². The van der Waals surface area contributed by atoms with Gasteiger partial charge in [-0.25, -0.2) is 0 Å². The van der Waals surface area contributed by atoms with Crippen LogP contribution in [0, 0.1) is 11.3 Å². The van der Waals surface area contributed by atoms with Crippen LogP contribution >= 0.6 is 0 Å². The highest BCUT2D eigenvalue weighted by atomic mass is 16.5. The van der Waals surface area contributed by atoms with Gasteiger partial charge in [-0.3, -0.25) is 4.90 Å². The largest absolute Gasteiger partial charge is 0.377 e. The van der Waals surface area contributed by atoms with Gasteiger partial charge in [0.2, 0.25) is 0 Å². The molecule has 1 spiro atoms. The molecule has 2 aliphatic heterocycles. The lowest BCUT2D eigenvalue weighted by Gasteiger charge is -2.51. The Morgan fingerprint density at radius 2 is 1.92 bits per heavy atom. The average molecular weight is 183 g/mol. The first-order valence-corrected chi connectivity index (χ1v) is 5.26. The fraction of sp³-hybridized carbons (Fsp3) is 1.00. The van der Waals surface area contributed by atoms with E-state index in [2.05, 4.69) is 32.7 Å². The molecular formula is C11H21NO. The molecule has 0 N–H and O–H groups in total. The van der Waals surface area contributed by atoms with Crippen LogP contribution in [0.2, 0.25) is 0 Å². The molecule has 2 fully saturated rings. The quantitative estimate of drug-likeness (QED) is 0.567. The zero-order valence-corrected chi connectivity index (χ0v) is 9.26. The summed E-state index contributed by atoms with van der Waals surface area (Å²) in [5.41, 5.74) is 0.812. The monoisotopic (exact) mass is 183 g/mol. The van der Waals surface area contributed by atoms with Crippen LogP contribution in [0.1, 0.15) is 27.2 Å². The van der Waals surface area contributed by atoms with Gasteiger partial charge in [-0.2, -0.15) is 0 Å². The van der Waals surface area contributed by atoms with Crippen LogP contribution < -0.4 is 0 Å². The molecule has 1 unspecified atom stereocenters. The molecule has 0 aromatic rings.